The molecule has 1 saturated heterocycles. The fraction of sp³-hybridized carbons (Fsp3) is 0.529. The van der Waals surface area contributed by atoms with Gasteiger partial charge >= 0.3 is 0 Å². The van der Waals surface area contributed by atoms with Crippen molar-refractivity contribution in [3.05, 3.63) is 29.8 Å². The average molecular weight is 274 g/mol. The molecule has 0 bridgehead atoms. The third kappa shape index (κ3) is 3.15. The van der Waals surface area contributed by atoms with Gasteiger partial charge in [-0.25, -0.2) is 0 Å². The lowest BCUT2D eigenvalue weighted by Gasteiger charge is -2.24. The van der Waals surface area contributed by atoms with Crippen molar-refractivity contribution in [1.29, 1.82) is 0 Å². The van der Waals surface area contributed by atoms with Crippen LogP contribution in [0.3, 0.4) is 0 Å². The van der Waals surface area contributed by atoms with Gasteiger partial charge in [-0.05, 0) is 42.4 Å². The second kappa shape index (κ2) is 5.49. The maximum atomic E-state index is 5.91. The van der Waals surface area contributed by atoms with E-state index in [1.807, 2.05) is 18.2 Å². The van der Waals surface area contributed by atoms with E-state index in [1.165, 1.54) is 6.42 Å². The van der Waals surface area contributed by atoms with E-state index in [9.17, 15) is 0 Å². The molecule has 1 atom stereocenters. The molecule has 3 heteroatoms. The summed E-state index contributed by atoms with van der Waals surface area (Å²) in [4.78, 5) is 0. The first-order chi connectivity index (χ1) is 9.62. The summed E-state index contributed by atoms with van der Waals surface area (Å²) in [5, 5.41) is 0. The highest BCUT2D eigenvalue weighted by atomic mass is 16.7. The van der Waals surface area contributed by atoms with Crippen molar-refractivity contribution in [3.8, 4) is 11.5 Å². The molecule has 1 aromatic carbocycles. The Bertz CT molecular complexity index is 505. The van der Waals surface area contributed by atoms with Crippen molar-refractivity contribution in [2.24, 2.45) is 5.41 Å². The van der Waals surface area contributed by atoms with Crippen molar-refractivity contribution in [3.63, 3.8) is 0 Å². The molecule has 1 unspecified atom stereocenters. The zero-order valence-corrected chi connectivity index (χ0v) is 12.2. The van der Waals surface area contributed by atoms with Crippen molar-refractivity contribution in [2.45, 2.75) is 39.2 Å². The van der Waals surface area contributed by atoms with E-state index in [0.717, 1.165) is 36.5 Å². The Morgan fingerprint density at radius 1 is 1.20 bits per heavy atom. The maximum absolute atomic E-state index is 5.91. The van der Waals surface area contributed by atoms with Gasteiger partial charge in [0.15, 0.2) is 11.5 Å². The summed E-state index contributed by atoms with van der Waals surface area (Å²) < 4.78 is 16.6. The van der Waals surface area contributed by atoms with Gasteiger partial charge in [0.2, 0.25) is 6.79 Å². The number of fused-ring (bicyclic) bond motifs is 1. The zero-order chi connectivity index (χ0) is 14.0. The van der Waals surface area contributed by atoms with Crippen LogP contribution in [0.15, 0.2) is 24.3 Å². The Hall–Kier alpha value is -1.48. The zero-order valence-electron chi connectivity index (χ0n) is 12.2. The van der Waals surface area contributed by atoms with Crippen LogP contribution in [0.25, 0.3) is 6.08 Å². The lowest BCUT2D eigenvalue weighted by atomic mass is 9.83. The lowest BCUT2D eigenvalue weighted by molar-refractivity contribution is 0.0815. The molecule has 1 fully saturated rings. The molecule has 0 aliphatic carbocycles. The summed E-state index contributed by atoms with van der Waals surface area (Å²) in [6, 6.07) is 6.02. The van der Waals surface area contributed by atoms with Crippen molar-refractivity contribution < 1.29 is 14.2 Å². The van der Waals surface area contributed by atoms with Gasteiger partial charge in [0.05, 0.1) is 6.10 Å². The van der Waals surface area contributed by atoms with Crippen LogP contribution >= 0.6 is 0 Å². The van der Waals surface area contributed by atoms with E-state index in [0.29, 0.717) is 12.2 Å². The number of rotatable bonds is 2. The normalized spacial score (nSPS) is 24.8. The van der Waals surface area contributed by atoms with E-state index in [4.69, 9.17) is 14.2 Å². The number of hydrogen-bond donors (Lipinski definition) is 0. The van der Waals surface area contributed by atoms with Crippen molar-refractivity contribution >= 4 is 6.08 Å². The van der Waals surface area contributed by atoms with Gasteiger partial charge in [0, 0.05) is 6.61 Å². The van der Waals surface area contributed by atoms with Crippen LogP contribution in [-0.4, -0.2) is 19.5 Å². The molecule has 2 aliphatic heterocycles. The van der Waals surface area contributed by atoms with E-state index in [2.05, 4.69) is 26.0 Å². The van der Waals surface area contributed by atoms with E-state index in [1.54, 1.807) is 0 Å². The van der Waals surface area contributed by atoms with Crippen LogP contribution in [0.1, 0.15) is 38.7 Å². The minimum Gasteiger partial charge on any atom is -0.454 e. The summed E-state index contributed by atoms with van der Waals surface area (Å²) in [7, 11) is 0. The standard InChI is InChI=1S/C17H22O3/c1-17(2)8-3-9-18-14(11-17)6-4-13-5-7-15-16(10-13)20-12-19-15/h4-7,10,14H,3,8-9,11-12H2,1-2H3/b6-4+. The SMILES string of the molecule is CC1(C)CCCOC(/C=C/c2ccc3c(c2)OCO3)C1. The van der Waals surface area contributed by atoms with Crippen LogP contribution in [0.5, 0.6) is 11.5 Å². The predicted octanol–water partition coefficient (Wildman–Crippen LogP) is 4.02. The highest BCUT2D eigenvalue weighted by molar-refractivity contribution is 5.56. The third-order valence-electron chi connectivity index (χ3n) is 3.98. The largest absolute Gasteiger partial charge is 0.454 e. The monoisotopic (exact) mass is 274 g/mol. The van der Waals surface area contributed by atoms with Gasteiger partial charge in [-0.15, -0.1) is 0 Å². The maximum Gasteiger partial charge on any atom is 0.231 e. The molecule has 0 amide bonds. The minimum atomic E-state index is 0.206. The number of hydrogen-bond acceptors (Lipinski definition) is 3. The summed E-state index contributed by atoms with van der Waals surface area (Å²) in [5.74, 6) is 1.66. The molecule has 0 aromatic heterocycles. The first kappa shape index (κ1) is 13.5. The molecular weight excluding hydrogens is 252 g/mol. The molecule has 20 heavy (non-hydrogen) atoms. The molecule has 2 aliphatic rings. The summed E-state index contributed by atoms with van der Waals surface area (Å²) >= 11 is 0. The Morgan fingerprint density at radius 2 is 2.05 bits per heavy atom. The van der Waals surface area contributed by atoms with E-state index in [-0.39, 0.29) is 6.10 Å². The second-order valence-electron chi connectivity index (χ2n) is 6.35. The van der Waals surface area contributed by atoms with Crippen molar-refractivity contribution in [2.75, 3.05) is 13.4 Å². The molecule has 0 N–H and O–H groups in total. The lowest BCUT2D eigenvalue weighted by Crippen LogP contribution is -2.17. The summed E-state index contributed by atoms with van der Waals surface area (Å²) in [5.41, 5.74) is 1.49. The molecule has 108 valence electrons. The molecule has 1 aromatic rings. The molecule has 2 heterocycles. The molecule has 0 saturated carbocycles. The molecule has 3 nitrogen and oxygen atoms in total. The van der Waals surface area contributed by atoms with E-state index >= 15 is 0 Å². The second-order valence-corrected chi connectivity index (χ2v) is 6.35. The number of benzene rings is 1. The van der Waals surface area contributed by atoms with Crippen LogP contribution < -0.4 is 9.47 Å². The fourth-order valence-electron chi connectivity index (χ4n) is 2.85. The van der Waals surface area contributed by atoms with Crippen LogP contribution in [-0.2, 0) is 4.74 Å². The topological polar surface area (TPSA) is 27.7 Å². The average Bonchev–Trinajstić information content (AvgIpc) is 2.80. The molecular formula is C17H22O3. The molecule has 3 rings (SSSR count). The summed E-state index contributed by atoms with van der Waals surface area (Å²) in [6.45, 7) is 5.83. The van der Waals surface area contributed by atoms with Crippen molar-refractivity contribution in [1.82, 2.24) is 0 Å². The minimum absolute atomic E-state index is 0.206. The highest BCUT2D eigenvalue weighted by Gasteiger charge is 2.25. The Balaban J connectivity index is 1.70. The van der Waals surface area contributed by atoms with Gasteiger partial charge in [0.1, 0.15) is 0 Å². The van der Waals surface area contributed by atoms with E-state index < -0.39 is 0 Å². The third-order valence-corrected chi connectivity index (χ3v) is 3.98. The summed E-state index contributed by atoms with van der Waals surface area (Å²) in [6.07, 6.45) is 7.97. The number of ether oxygens (including phenoxy) is 3. The Labute approximate surface area is 120 Å². The Morgan fingerprint density at radius 3 is 2.95 bits per heavy atom. The van der Waals surface area contributed by atoms with Crippen LogP contribution in [0, 0.1) is 5.41 Å². The highest BCUT2D eigenvalue weighted by Crippen LogP contribution is 2.34. The fourth-order valence-corrected chi connectivity index (χ4v) is 2.85. The van der Waals surface area contributed by atoms with Gasteiger partial charge < -0.3 is 14.2 Å². The van der Waals surface area contributed by atoms with Crippen LogP contribution in [0.2, 0.25) is 0 Å². The van der Waals surface area contributed by atoms with Gasteiger partial charge in [-0.2, -0.15) is 0 Å². The van der Waals surface area contributed by atoms with Gasteiger partial charge in [-0.1, -0.05) is 32.1 Å². The first-order valence-corrected chi connectivity index (χ1v) is 7.32. The predicted molar refractivity (Wildman–Crippen MR) is 79.0 cm³/mol. The van der Waals surface area contributed by atoms with Gasteiger partial charge in [-0.3, -0.25) is 0 Å². The Kier molecular flexibility index (Phi) is 3.70. The van der Waals surface area contributed by atoms with Crippen LogP contribution in [0.4, 0.5) is 0 Å². The van der Waals surface area contributed by atoms with Gasteiger partial charge in [0.25, 0.3) is 0 Å². The first-order valence-electron chi connectivity index (χ1n) is 7.32. The molecule has 0 spiro atoms. The quantitative estimate of drug-likeness (QED) is 0.815. The smallest absolute Gasteiger partial charge is 0.231 e. The molecule has 0 radical (unpaired) electrons.